The minimum atomic E-state index is -0.292. The first-order chi connectivity index (χ1) is 12.3. The maximum Gasteiger partial charge on any atom is 0.274 e. The second kappa shape index (κ2) is 7.12. The molecule has 0 radical (unpaired) electrons. The fourth-order valence-electron chi connectivity index (χ4n) is 2.84. The van der Waals surface area contributed by atoms with E-state index < -0.39 is 0 Å². The van der Waals surface area contributed by atoms with Crippen molar-refractivity contribution < 1.29 is 9.53 Å². The van der Waals surface area contributed by atoms with E-state index in [9.17, 15) is 4.79 Å². The highest BCUT2D eigenvalue weighted by atomic mass is 32.1. The number of aromatic nitrogens is 4. The topological polar surface area (TPSA) is 73.1 Å². The van der Waals surface area contributed by atoms with E-state index in [1.54, 1.807) is 27.4 Å². The second-order valence-corrected chi connectivity index (χ2v) is 6.43. The third-order valence-corrected chi connectivity index (χ3v) is 4.65. The van der Waals surface area contributed by atoms with Gasteiger partial charge in [-0.25, -0.2) is 9.67 Å². The van der Waals surface area contributed by atoms with Gasteiger partial charge < -0.3 is 9.64 Å². The fraction of sp³-hybridized carbons (Fsp3) is 0.294. The van der Waals surface area contributed by atoms with Gasteiger partial charge in [-0.2, -0.15) is 9.47 Å². The van der Waals surface area contributed by atoms with E-state index >= 15 is 0 Å². The number of morpholine rings is 1. The van der Waals surface area contributed by atoms with Gasteiger partial charge in [0.1, 0.15) is 18.1 Å². The zero-order chi connectivity index (χ0) is 17.1. The summed E-state index contributed by atoms with van der Waals surface area (Å²) in [6.07, 6.45) is 1.70. The van der Waals surface area contributed by atoms with Crippen LogP contribution in [-0.4, -0.2) is 49.7 Å². The molecule has 1 aliphatic heterocycles. The van der Waals surface area contributed by atoms with Crippen molar-refractivity contribution in [2.45, 2.75) is 12.6 Å². The first-order valence-corrected chi connectivity index (χ1v) is 8.87. The van der Waals surface area contributed by atoms with E-state index in [4.69, 9.17) is 4.74 Å². The molecule has 3 aromatic rings. The predicted octanol–water partition coefficient (Wildman–Crippen LogP) is 2.00. The summed E-state index contributed by atoms with van der Waals surface area (Å²) < 4.78 is 11.5. The van der Waals surface area contributed by atoms with Gasteiger partial charge in [0.2, 0.25) is 0 Å². The van der Waals surface area contributed by atoms with Crippen molar-refractivity contribution in [1.82, 2.24) is 24.0 Å². The molecule has 1 aromatic carbocycles. The molecule has 1 fully saturated rings. The van der Waals surface area contributed by atoms with Crippen LogP contribution >= 0.6 is 11.5 Å². The van der Waals surface area contributed by atoms with E-state index in [2.05, 4.69) is 14.5 Å². The van der Waals surface area contributed by atoms with Crippen molar-refractivity contribution in [3.05, 3.63) is 65.2 Å². The summed E-state index contributed by atoms with van der Waals surface area (Å²) in [5.41, 5.74) is 1.61. The monoisotopic (exact) mass is 355 g/mol. The Morgan fingerprint density at radius 3 is 2.96 bits per heavy atom. The second-order valence-electron chi connectivity index (χ2n) is 5.76. The Morgan fingerprint density at radius 1 is 1.28 bits per heavy atom. The van der Waals surface area contributed by atoms with E-state index in [1.807, 2.05) is 30.3 Å². The normalized spacial score (nSPS) is 17.6. The van der Waals surface area contributed by atoms with Crippen molar-refractivity contribution in [2.24, 2.45) is 0 Å². The van der Waals surface area contributed by atoms with Crippen molar-refractivity contribution in [3.63, 3.8) is 0 Å². The van der Waals surface area contributed by atoms with Gasteiger partial charge >= 0.3 is 0 Å². The van der Waals surface area contributed by atoms with Crippen LogP contribution in [0.25, 0.3) is 0 Å². The highest BCUT2D eigenvalue weighted by Gasteiger charge is 2.32. The zero-order valence-electron chi connectivity index (χ0n) is 13.5. The number of hydrogen-bond acceptors (Lipinski definition) is 6. The van der Waals surface area contributed by atoms with E-state index in [1.165, 1.54) is 11.5 Å². The Morgan fingerprint density at radius 2 is 2.16 bits per heavy atom. The minimum absolute atomic E-state index is 0.103. The van der Waals surface area contributed by atoms with Crippen LogP contribution in [0, 0.1) is 0 Å². The quantitative estimate of drug-likeness (QED) is 0.716. The van der Waals surface area contributed by atoms with Crippen LogP contribution in [-0.2, 0) is 11.3 Å². The molecular weight excluding hydrogens is 338 g/mol. The minimum Gasteiger partial charge on any atom is -0.377 e. The molecule has 3 heterocycles. The average Bonchev–Trinajstić information content (AvgIpc) is 3.34. The molecule has 1 saturated heterocycles. The van der Waals surface area contributed by atoms with Crippen LogP contribution in [0.5, 0.6) is 0 Å². The Bertz CT molecular complexity index is 834. The van der Waals surface area contributed by atoms with E-state index in [0.717, 1.165) is 5.56 Å². The summed E-state index contributed by atoms with van der Waals surface area (Å²) in [5, 5.41) is 6.36. The van der Waals surface area contributed by atoms with Crippen molar-refractivity contribution in [2.75, 3.05) is 19.8 Å². The Hall–Kier alpha value is -2.58. The fourth-order valence-corrected chi connectivity index (χ4v) is 3.34. The Kier molecular flexibility index (Phi) is 4.53. The summed E-state index contributed by atoms with van der Waals surface area (Å²) in [6.45, 7) is 2.05. The SMILES string of the molecule is O=C(c1ccsn1)N1CCOCC1c1ncn(Cc2ccccc2)n1. The lowest BCUT2D eigenvalue weighted by Gasteiger charge is -2.33. The number of amides is 1. The number of benzene rings is 1. The molecule has 2 aromatic heterocycles. The third kappa shape index (κ3) is 3.45. The summed E-state index contributed by atoms with van der Waals surface area (Å²) in [4.78, 5) is 18.9. The number of carbonyl (C=O) groups is 1. The first kappa shape index (κ1) is 15.9. The summed E-state index contributed by atoms with van der Waals surface area (Å²) in [7, 11) is 0. The van der Waals surface area contributed by atoms with Gasteiger partial charge in [-0.05, 0) is 23.2 Å². The lowest BCUT2D eigenvalue weighted by atomic mass is 10.2. The first-order valence-electron chi connectivity index (χ1n) is 8.03. The number of rotatable bonds is 4. The maximum absolute atomic E-state index is 12.7. The van der Waals surface area contributed by atoms with Crippen LogP contribution in [0.2, 0.25) is 0 Å². The molecule has 25 heavy (non-hydrogen) atoms. The lowest BCUT2D eigenvalue weighted by molar-refractivity contribution is -0.00548. The van der Waals surface area contributed by atoms with Crippen molar-refractivity contribution >= 4 is 17.4 Å². The van der Waals surface area contributed by atoms with Gasteiger partial charge in [0.15, 0.2) is 5.82 Å². The van der Waals surface area contributed by atoms with Crippen LogP contribution < -0.4 is 0 Å². The molecule has 1 aliphatic rings. The van der Waals surface area contributed by atoms with Gasteiger partial charge in [-0.15, -0.1) is 0 Å². The molecule has 0 spiro atoms. The lowest BCUT2D eigenvalue weighted by Crippen LogP contribution is -2.44. The van der Waals surface area contributed by atoms with Crippen LogP contribution in [0.1, 0.15) is 27.9 Å². The molecule has 1 unspecified atom stereocenters. The summed E-state index contributed by atoms with van der Waals surface area (Å²) in [5.74, 6) is 0.494. The molecule has 0 aliphatic carbocycles. The summed E-state index contributed by atoms with van der Waals surface area (Å²) >= 11 is 1.27. The van der Waals surface area contributed by atoms with Gasteiger partial charge in [0.25, 0.3) is 5.91 Å². The average molecular weight is 355 g/mol. The molecular formula is C17H17N5O2S. The molecule has 1 amide bonds. The number of nitrogens with zero attached hydrogens (tertiary/aromatic N) is 5. The molecule has 0 saturated carbocycles. The predicted molar refractivity (Wildman–Crippen MR) is 92.3 cm³/mol. The van der Waals surface area contributed by atoms with Gasteiger partial charge in [-0.1, -0.05) is 30.3 Å². The summed E-state index contributed by atoms with van der Waals surface area (Å²) in [6, 6.07) is 11.5. The highest BCUT2D eigenvalue weighted by Crippen LogP contribution is 2.23. The Labute approximate surface area is 149 Å². The third-order valence-electron chi connectivity index (χ3n) is 4.09. The molecule has 1 atom stereocenters. The molecule has 0 N–H and O–H groups in total. The Balaban J connectivity index is 1.54. The molecule has 4 rings (SSSR count). The van der Waals surface area contributed by atoms with Crippen molar-refractivity contribution in [3.8, 4) is 0 Å². The highest BCUT2D eigenvalue weighted by molar-refractivity contribution is 7.03. The maximum atomic E-state index is 12.7. The molecule has 128 valence electrons. The van der Waals surface area contributed by atoms with Gasteiger partial charge in [0, 0.05) is 11.9 Å². The largest absolute Gasteiger partial charge is 0.377 e. The number of hydrogen-bond donors (Lipinski definition) is 0. The number of ether oxygens (including phenoxy) is 1. The van der Waals surface area contributed by atoms with E-state index in [0.29, 0.717) is 37.8 Å². The van der Waals surface area contributed by atoms with E-state index in [-0.39, 0.29) is 11.9 Å². The van der Waals surface area contributed by atoms with Crippen LogP contribution in [0.3, 0.4) is 0 Å². The van der Waals surface area contributed by atoms with Gasteiger partial charge in [0.05, 0.1) is 19.8 Å². The molecule has 7 nitrogen and oxygen atoms in total. The molecule has 8 heteroatoms. The van der Waals surface area contributed by atoms with Crippen LogP contribution in [0.4, 0.5) is 0 Å². The zero-order valence-corrected chi connectivity index (χ0v) is 14.3. The van der Waals surface area contributed by atoms with Crippen LogP contribution in [0.15, 0.2) is 48.1 Å². The number of carbonyl (C=O) groups excluding carboxylic acids is 1. The smallest absolute Gasteiger partial charge is 0.274 e. The van der Waals surface area contributed by atoms with Crippen molar-refractivity contribution in [1.29, 1.82) is 0 Å². The standard InChI is InChI=1S/C17H17N5O2S/c23-17(14-6-9-25-20-14)22-7-8-24-11-15(22)16-18-12-21(19-16)10-13-4-2-1-3-5-13/h1-6,9,12,15H,7-8,10-11H2. The van der Waals surface area contributed by atoms with Gasteiger partial charge in [-0.3, -0.25) is 4.79 Å². The molecule has 0 bridgehead atoms.